The number of ether oxygens (including phenoxy) is 1. The fourth-order valence-corrected chi connectivity index (χ4v) is 2.28. The molecule has 5 heteroatoms. The second kappa shape index (κ2) is 4.59. The van der Waals surface area contributed by atoms with Crippen molar-refractivity contribution in [3.05, 3.63) is 28.4 Å². The Morgan fingerprint density at radius 2 is 2.24 bits per heavy atom. The van der Waals surface area contributed by atoms with Crippen molar-refractivity contribution in [2.45, 2.75) is 13.8 Å². The zero-order valence-electron chi connectivity index (χ0n) is 9.60. The molecule has 0 radical (unpaired) electrons. The van der Waals surface area contributed by atoms with E-state index in [-0.39, 0.29) is 0 Å². The van der Waals surface area contributed by atoms with Gasteiger partial charge in [-0.05, 0) is 25.5 Å². The highest BCUT2D eigenvalue weighted by Gasteiger charge is 2.17. The lowest BCUT2D eigenvalue weighted by Crippen LogP contribution is -1.97. The second-order valence-electron chi connectivity index (χ2n) is 3.71. The molecule has 0 fully saturated rings. The molecule has 2 aromatic rings. The quantitative estimate of drug-likeness (QED) is 0.903. The minimum absolute atomic E-state index is 0.416. The van der Waals surface area contributed by atoms with Crippen LogP contribution in [0.25, 0.3) is 16.5 Å². The molecule has 0 saturated heterocycles. The van der Waals surface area contributed by atoms with Crippen LogP contribution in [-0.4, -0.2) is 16.8 Å². The van der Waals surface area contributed by atoms with Crippen LogP contribution >= 0.6 is 23.2 Å². The fourth-order valence-electron chi connectivity index (χ4n) is 1.70. The van der Waals surface area contributed by atoms with E-state index in [1.54, 1.807) is 6.07 Å². The van der Waals surface area contributed by atoms with Crippen molar-refractivity contribution in [3.63, 3.8) is 0 Å². The minimum Gasteiger partial charge on any atom is -0.491 e. The Hall–Kier alpha value is -1.19. The standard InChI is InChI=1S/C12H12Cl2N2O/c1-4-17-11-7(6(2)3)5-8(13)9-10(11)15-16-12(9)14/h5H,2,4H2,1,3H3,(H,15,16). The molecule has 0 aliphatic rings. The molecule has 17 heavy (non-hydrogen) atoms. The molecule has 2 rings (SSSR count). The lowest BCUT2D eigenvalue weighted by molar-refractivity contribution is 0.342. The topological polar surface area (TPSA) is 37.9 Å². The Balaban J connectivity index is 2.83. The molecule has 1 N–H and O–H groups in total. The number of hydrogen-bond donors (Lipinski definition) is 1. The highest BCUT2D eigenvalue weighted by molar-refractivity contribution is 6.42. The number of benzene rings is 1. The molecule has 0 aliphatic heterocycles. The molecule has 1 heterocycles. The highest BCUT2D eigenvalue weighted by atomic mass is 35.5. The Labute approximate surface area is 109 Å². The van der Waals surface area contributed by atoms with Gasteiger partial charge < -0.3 is 4.74 Å². The number of nitrogens with zero attached hydrogens (tertiary/aromatic N) is 1. The number of H-pyrrole nitrogens is 1. The maximum atomic E-state index is 6.18. The number of rotatable bonds is 3. The van der Waals surface area contributed by atoms with Crippen molar-refractivity contribution in [1.82, 2.24) is 10.2 Å². The van der Waals surface area contributed by atoms with Crippen molar-refractivity contribution >= 4 is 39.7 Å². The van der Waals surface area contributed by atoms with Gasteiger partial charge in [-0.3, -0.25) is 5.10 Å². The zero-order chi connectivity index (χ0) is 12.6. The molecule has 0 aliphatic carbocycles. The average Bonchev–Trinajstić information content (AvgIpc) is 2.65. The lowest BCUT2D eigenvalue weighted by atomic mass is 10.1. The molecule has 0 amide bonds. The van der Waals surface area contributed by atoms with Gasteiger partial charge in [-0.2, -0.15) is 5.10 Å². The van der Waals surface area contributed by atoms with Gasteiger partial charge in [0.15, 0.2) is 5.75 Å². The summed E-state index contributed by atoms with van der Waals surface area (Å²) in [5.41, 5.74) is 2.37. The number of aromatic nitrogens is 2. The Morgan fingerprint density at radius 1 is 1.53 bits per heavy atom. The van der Waals surface area contributed by atoms with E-state index in [9.17, 15) is 0 Å². The lowest BCUT2D eigenvalue weighted by Gasteiger charge is -2.11. The molecular weight excluding hydrogens is 259 g/mol. The normalized spacial score (nSPS) is 10.8. The van der Waals surface area contributed by atoms with Crippen LogP contribution in [0.3, 0.4) is 0 Å². The first-order valence-electron chi connectivity index (χ1n) is 5.21. The molecule has 0 atom stereocenters. The Kier molecular flexibility index (Phi) is 3.31. The van der Waals surface area contributed by atoms with Gasteiger partial charge in [-0.1, -0.05) is 29.8 Å². The maximum absolute atomic E-state index is 6.18. The third-order valence-electron chi connectivity index (χ3n) is 2.44. The summed E-state index contributed by atoms with van der Waals surface area (Å²) in [6.45, 7) is 8.27. The number of aromatic amines is 1. The average molecular weight is 271 g/mol. The van der Waals surface area contributed by atoms with Crippen molar-refractivity contribution < 1.29 is 4.74 Å². The molecule has 0 saturated carbocycles. The third kappa shape index (κ3) is 2.01. The number of fused-ring (bicyclic) bond motifs is 1. The van der Waals surface area contributed by atoms with Crippen molar-refractivity contribution in [2.24, 2.45) is 0 Å². The van der Waals surface area contributed by atoms with E-state index in [1.165, 1.54) is 0 Å². The van der Waals surface area contributed by atoms with E-state index < -0.39 is 0 Å². The van der Waals surface area contributed by atoms with Crippen LogP contribution in [0.5, 0.6) is 5.75 Å². The van der Waals surface area contributed by atoms with Gasteiger partial charge in [-0.15, -0.1) is 0 Å². The summed E-state index contributed by atoms with van der Waals surface area (Å²) < 4.78 is 5.62. The zero-order valence-corrected chi connectivity index (χ0v) is 11.1. The van der Waals surface area contributed by atoms with E-state index in [4.69, 9.17) is 27.9 Å². The van der Waals surface area contributed by atoms with Crippen LogP contribution in [0.2, 0.25) is 10.2 Å². The van der Waals surface area contributed by atoms with E-state index in [0.717, 1.165) is 11.1 Å². The molecular formula is C12H12Cl2N2O. The highest BCUT2D eigenvalue weighted by Crippen LogP contribution is 2.39. The molecule has 3 nitrogen and oxygen atoms in total. The SMILES string of the molecule is C=C(C)c1cc(Cl)c2c(Cl)[nH]nc2c1OCC. The molecule has 1 aromatic carbocycles. The summed E-state index contributed by atoms with van der Waals surface area (Å²) in [6, 6.07) is 1.80. The summed E-state index contributed by atoms with van der Waals surface area (Å²) in [6.07, 6.45) is 0. The summed E-state index contributed by atoms with van der Waals surface area (Å²) in [7, 11) is 0. The van der Waals surface area contributed by atoms with Gasteiger partial charge in [0.25, 0.3) is 0 Å². The minimum atomic E-state index is 0.416. The van der Waals surface area contributed by atoms with Gasteiger partial charge in [0.1, 0.15) is 10.7 Å². The van der Waals surface area contributed by atoms with Crippen LogP contribution < -0.4 is 4.74 Å². The molecule has 0 spiro atoms. The predicted octanol–water partition coefficient (Wildman–Crippen LogP) is 4.30. The largest absolute Gasteiger partial charge is 0.491 e. The van der Waals surface area contributed by atoms with E-state index >= 15 is 0 Å². The maximum Gasteiger partial charge on any atom is 0.154 e. The van der Waals surface area contributed by atoms with E-state index in [0.29, 0.717) is 33.4 Å². The Morgan fingerprint density at radius 3 is 2.82 bits per heavy atom. The summed E-state index contributed by atoms with van der Waals surface area (Å²) in [5, 5.41) is 8.48. The predicted molar refractivity (Wildman–Crippen MR) is 72.0 cm³/mol. The van der Waals surface area contributed by atoms with Crippen molar-refractivity contribution in [2.75, 3.05) is 6.61 Å². The summed E-state index contributed by atoms with van der Waals surface area (Å²) in [5.74, 6) is 0.669. The van der Waals surface area contributed by atoms with Gasteiger partial charge in [-0.25, -0.2) is 0 Å². The monoisotopic (exact) mass is 270 g/mol. The van der Waals surface area contributed by atoms with Crippen molar-refractivity contribution in [3.8, 4) is 5.75 Å². The number of halogens is 2. The van der Waals surface area contributed by atoms with Gasteiger partial charge in [0.2, 0.25) is 0 Å². The first-order chi connectivity index (χ1) is 8.06. The van der Waals surface area contributed by atoms with E-state index in [1.807, 2.05) is 13.8 Å². The van der Waals surface area contributed by atoms with Crippen LogP contribution in [-0.2, 0) is 0 Å². The van der Waals surface area contributed by atoms with Gasteiger partial charge in [0.05, 0.1) is 17.0 Å². The molecule has 90 valence electrons. The third-order valence-corrected chi connectivity index (χ3v) is 3.01. The summed E-state index contributed by atoms with van der Waals surface area (Å²) >= 11 is 12.2. The second-order valence-corrected chi connectivity index (χ2v) is 4.49. The molecule has 0 unspecified atom stereocenters. The number of hydrogen-bond acceptors (Lipinski definition) is 2. The van der Waals surface area contributed by atoms with Gasteiger partial charge >= 0.3 is 0 Å². The smallest absolute Gasteiger partial charge is 0.154 e. The summed E-state index contributed by atoms with van der Waals surface area (Å²) in [4.78, 5) is 0. The van der Waals surface area contributed by atoms with Gasteiger partial charge in [0, 0.05) is 5.56 Å². The van der Waals surface area contributed by atoms with Crippen LogP contribution in [0.1, 0.15) is 19.4 Å². The fraction of sp³-hybridized carbons (Fsp3) is 0.250. The van der Waals surface area contributed by atoms with Crippen LogP contribution in [0.15, 0.2) is 12.6 Å². The Bertz CT molecular complexity index is 590. The molecule has 0 bridgehead atoms. The van der Waals surface area contributed by atoms with Crippen molar-refractivity contribution in [1.29, 1.82) is 0 Å². The first kappa shape index (κ1) is 12.3. The number of allylic oxidation sites excluding steroid dienone is 1. The van der Waals surface area contributed by atoms with E-state index in [2.05, 4.69) is 16.8 Å². The molecule has 1 aromatic heterocycles. The van der Waals surface area contributed by atoms with Crippen LogP contribution in [0, 0.1) is 0 Å². The number of nitrogens with one attached hydrogen (secondary N) is 1. The first-order valence-corrected chi connectivity index (χ1v) is 5.96. The van der Waals surface area contributed by atoms with Crippen LogP contribution in [0.4, 0.5) is 0 Å².